The van der Waals surface area contributed by atoms with E-state index < -0.39 is 11.9 Å². The van der Waals surface area contributed by atoms with E-state index in [1.807, 2.05) is 41.3 Å². The van der Waals surface area contributed by atoms with Crippen LogP contribution in [0, 0.1) is 0 Å². The van der Waals surface area contributed by atoms with Gasteiger partial charge in [-0.05, 0) is 49.2 Å². The third-order valence-corrected chi connectivity index (χ3v) is 5.82. The standard InChI is InChI=1S/C26H26Cl2N4O3/c1-18(33)23(31-25(34)24-21(27)7-4-8-22(24)28)9-3-6-19-10-12-20(13-11-19)32(16-17-35-2)26-29-14-5-15-30-26/h3-8,10-15,23H,9,16-17H2,1-2H3,(H,31,34)/b6-3+. The number of halogens is 2. The Morgan fingerprint density at radius 2 is 1.71 bits per heavy atom. The van der Waals surface area contributed by atoms with E-state index >= 15 is 0 Å². The van der Waals surface area contributed by atoms with Crippen LogP contribution < -0.4 is 10.2 Å². The van der Waals surface area contributed by atoms with E-state index in [-0.39, 0.29) is 21.4 Å². The zero-order valence-electron chi connectivity index (χ0n) is 19.4. The number of nitrogens with zero attached hydrogens (tertiary/aromatic N) is 3. The summed E-state index contributed by atoms with van der Waals surface area (Å²) in [5, 5.41) is 3.18. The average Bonchev–Trinajstić information content (AvgIpc) is 2.85. The minimum Gasteiger partial charge on any atom is -0.383 e. The highest BCUT2D eigenvalue weighted by molar-refractivity contribution is 6.39. The van der Waals surface area contributed by atoms with Gasteiger partial charge < -0.3 is 15.0 Å². The molecular weight excluding hydrogens is 487 g/mol. The van der Waals surface area contributed by atoms with Gasteiger partial charge in [0, 0.05) is 31.7 Å². The fourth-order valence-corrected chi connectivity index (χ4v) is 3.90. The Bertz CT molecular complexity index is 1150. The Labute approximate surface area is 214 Å². The molecule has 35 heavy (non-hydrogen) atoms. The number of carbonyl (C=O) groups is 2. The van der Waals surface area contributed by atoms with Crippen LogP contribution in [0.2, 0.25) is 10.0 Å². The maximum atomic E-state index is 12.6. The van der Waals surface area contributed by atoms with Gasteiger partial charge >= 0.3 is 0 Å². The highest BCUT2D eigenvalue weighted by Gasteiger charge is 2.20. The molecule has 1 aromatic heterocycles. The average molecular weight is 513 g/mol. The van der Waals surface area contributed by atoms with Crippen LogP contribution in [0.15, 0.2) is 67.0 Å². The fraction of sp³-hybridized carbons (Fsp3) is 0.231. The summed E-state index contributed by atoms with van der Waals surface area (Å²) in [6.07, 6.45) is 7.46. The topological polar surface area (TPSA) is 84.4 Å². The summed E-state index contributed by atoms with van der Waals surface area (Å²) in [5.74, 6) is -0.0671. The molecule has 0 bridgehead atoms. The summed E-state index contributed by atoms with van der Waals surface area (Å²) < 4.78 is 5.22. The Balaban J connectivity index is 1.67. The molecular formula is C26H26Cl2N4O3. The van der Waals surface area contributed by atoms with Crippen molar-refractivity contribution < 1.29 is 14.3 Å². The van der Waals surface area contributed by atoms with Crippen LogP contribution in [-0.4, -0.2) is 48.0 Å². The van der Waals surface area contributed by atoms with Gasteiger partial charge in [0.25, 0.3) is 5.91 Å². The Morgan fingerprint density at radius 1 is 1.06 bits per heavy atom. The van der Waals surface area contributed by atoms with E-state index in [1.54, 1.807) is 43.8 Å². The second kappa shape index (κ2) is 13.0. The Hall–Kier alpha value is -3.26. The summed E-state index contributed by atoms with van der Waals surface area (Å²) in [7, 11) is 1.65. The molecule has 1 amide bonds. The first-order chi connectivity index (χ1) is 16.9. The lowest BCUT2D eigenvalue weighted by Gasteiger charge is -2.22. The third kappa shape index (κ3) is 7.36. The number of methoxy groups -OCH3 is 1. The molecule has 0 spiro atoms. The van der Waals surface area contributed by atoms with Gasteiger partial charge in [-0.3, -0.25) is 9.59 Å². The van der Waals surface area contributed by atoms with Gasteiger partial charge in [-0.25, -0.2) is 9.97 Å². The number of Topliss-reactive ketones (excluding diaryl/α,β-unsaturated/α-hetero) is 1. The summed E-state index contributed by atoms with van der Waals surface area (Å²) >= 11 is 12.2. The third-order valence-electron chi connectivity index (χ3n) is 5.19. The van der Waals surface area contributed by atoms with E-state index in [0.29, 0.717) is 25.5 Å². The van der Waals surface area contributed by atoms with E-state index in [9.17, 15) is 9.59 Å². The molecule has 3 aromatic rings. The van der Waals surface area contributed by atoms with Crippen molar-refractivity contribution in [2.24, 2.45) is 0 Å². The van der Waals surface area contributed by atoms with E-state index in [1.165, 1.54) is 6.92 Å². The lowest BCUT2D eigenvalue weighted by Crippen LogP contribution is -2.39. The number of benzene rings is 2. The number of aromatic nitrogens is 2. The van der Waals surface area contributed by atoms with Crippen molar-refractivity contribution in [2.45, 2.75) is 19.4 Å². The van der Waals surface area contributed by atoms with Gasteiger partial charge in [0.2, 0.25) is 5.95 Å². The van der Waals surface area contributed by atoms with Crippen molar-refractivity contribution in [2.75, 3.05) is 25.2 Å². The molecule has 1 heterocycles. The van der Waals surface area contributed by atoms with Gasteiger partial charge in [-0.1, -0.05) is 53.6 Å². The monoisotopic (exact) mass is 512 g/mol. The van der Waals surface area contributed by atoms with Crippen LogP contribution in [0.1, 0.15) is 29.3 Å². The van der Waals surface area contributed by atoms with Crippen molar-refractivity contribution in [1.82, 2.24) is 15.3 Å². The SMILES string of the molecule is COCCN(c1ccc(/C=C/CC(NC(=O)c2c(Cl)cccc2Cl)C(C)=O)cc1)c1ncccn1. The van der Waals surface area contributed by atoms with Gasteiger partial charge in [-0.2, -0.15) is 0 Å². The van der Waals surface area contributed by atoms with Gasteiger partial charge in [-0.15, -0.1) is 0 Å². The molecule has 1 atom stereocenters. The van der Waals surface area contributed by atoms with Crippen molar-refractivity contribution in [3.8, 4) is 0 Å². The number of nitrogens with one attached hydrogen (secondary N) is 1. The van der Waals surface area contributed by atoms with Crippen LogP contribution in [0.25, 0.3) is 6.08 Å². The van der Waals surface area contributed by atoms with E-state index in [4.69, 9.17) is 27.9 Å². The lowest BCUT2D eigenvalue weighted by atomic mass is 10.1. The normalized spacial score (nSPS) is 11.9. The number of ketones is 1. The molecule has 0 aliphatic rings. The van der Waals surface area contributed by atoms with E-state index in [0.717, 1.165) is 11.3 Å². The molecule has 9 heteroatoms. The zero-order chi connectivity index (χ0) is 25.2. The quantitative estimate of drug-likeness (QED) is 0.372. The van der Waals surface area contributed by atoms with Crippen LogP contribution in [-0.2, 0) is 9.53 Å². The summed E-state index contributed by atoms with van der Waals surface area (Å²) in [6, 6.07) is 13.7. The second-order valence-electron chi connectivity index (χ2n) is 7.66. The van der Waals surface area contributed by atoms with Gasteiger partial charge in [0.15, 0.2) is 5.78 Å². The molecule has 1 unspecified atom stereocenters. The molecule has 0 saturated carbocycles. The number of anilines is 2. The first kappa shape index (κ1) is 26.3. The first-order valence-electron chi connectivity index (χ1n) is 11.0. The summed E-state index contributed by atoms with van der Waals surface area (Å²) in [5.41, 5.74) is 2.02. The predicted octanol–water partition coefficient (Wildman–Crippen LogP) is 5.36. The van der Waals surface area contributed by atoms with Crippen molar-refractivity contribution in [3.63, 3.8) is 0 Å². The molecule has 182 valence electrons. The van der Waals surface area contributed by atoms with Crippen LogP contribution >= 0.6 is 23.2 Å². The molecule has 1 N–H and O–H groups in total. The first-order valence-corrected chi connectivity index (χ1v) is 11.7. The van der Waals surface area contributed by atoms with Crippen LogP contribution in [0.4, 0.5) is 11.6 Å². The number of ether oxygens (including phenoxy) is 1. The lowest BCUT2D eigenvalue weighted by molar-refractivity contribution is -0.118. The number of hydrogen-bond acceptors (Lipinski definition) is 6. The molecule has 0 aliphatic carbocycles. The molecule has 3 rings (SSSR count). The van der Waals surface area contributed by atoms with Crippen LogP contribution in [0.3, 0.4) is 0 Å². The smallest absolute Gasteiger partial charge is 0.254 e. The predicted molar refractivity (Wildman–Crippen MR) is 139 cm³/mol. The fourth-order valence-electron chi connectivity index (χ4n) is 3.34. The maximum absolute atomic E-state index is 12.6. The van der Waals surface area contributed by atoms with Gasteiger partial charge in [0.1, 0.15) is 0 Å². The summed E-state index contributed by atoms with van der Waals surface area (Å²) in [4.78, 5) is 35.4. The molecule has 0 aliphatic heterocycles. The maximum Gasteiger partial charge on any atom is 0.254 e. The number of hydrogen-bond donors (Lipinski definition) is 1. The summed E-state index contributed by atoms with van der Waals surface area (Å²) in [6.45, 7) is 2.56. The Kier molecular flexibility index (Phi) is 9.78. The number of carbonyl (C=O) groups excluding carboxylic acids is 2. The highest BCUT2D eigenvalue weighted by Crippen LogP contribution is 2.25. The highest BCUT2D eigenvalue weighted by atomic mass is 35.5. The molecule has 0 radical (unpaired) electrons. The van der Waals surface area contributed by atoms with Crippen molar-refractivity contribution in [1.29, 1.82) is 0 Å². The minimum absolute atomic E-state index is 0.155. The van der Waals surface area contributed by atoms with Gasteiger partial charge in [0.05, 0.1) is 28.3 Å². The minimum atomic E-state index is -0.704. The van der Waals surface area contributed by atoms with Crippen molar-refractivity contribution >= 4 is 52.6 Å². The van der Waals surface area contributed by atoms with Crippen molar-refractivity contribution in [3.05, 3.63) is 88.2 Å². The Morgan fingerprint density at radius 3 is 2.31 bits per heavy atom. The largest absolute Gasteiger partial charge is 0.383 e. The second-order valence-corrected chi connectivity index (χ2v) is 8.47. The number of amides is 1. The van der Waals surface area contributed by atoms with Crippen LogP contribution in [0.5, 0.6) is 0 Å². The molecule has 7 nitrogen and oxygen atoms in total. The molecule has 0 saturated heterocycles. The molecule has 0 fully saturated rings. The van der Waals surface area contributed by atoms with E-state index in [2.05, 4.69) is 15.3 Å². The zero-order valence-corrected chi connectivity index (χ0v) is 21.0. The number of rotatable bonds is 11. The molecule has 2 aromatic carbocycles.